The van der Waals surface area contributed by atoms with E-state index in [1.54, 1.807) is 7.11 Å². The number of para-hydroxylation sites is 1. The largest absolute Gasteiger partial charge is 0.496 e. The highest BCUT2D eigenvalue weighted by molar-refractivity contribution is 6.36. The first-order valence-electron chi connectivity index (χ1n) is 8.17. The van der Waals surface area contributed by atoms with Gasteiger partial charge < -0.3 is 9.64 Å². The van der Waals surface area contributed by atoms with Gasteiger partial charge in [-0.25, -0.2) is 0 Å². The standard InChI is InChI=1S/C18H22N2O3/c1-3-10-20-17(21)15(13-8-4-5-9-14(13)23-2)16(18(20)22)19-11-6-7-12-19/h4-5,8-9H,3,6-7,10-12H2,1-2H3. The van der Waals surface area contributed by atoms with Crippen LogP contribution in [0.1, 0.15) is 31.7 Å². The molecule has 0 N–H and O–H groups in total. The molecule has 0 bridgehead atoms. The lowest BCUT2D eigenvalue weighted by Crippen LogP contribution is -2.35. The molecule has 0 aliphatic carbocycles. The summed E-state index contributed by atoms with van der Waals surface area (Å²) >= 11 is 0. The molecular formula is C18H22N2O3. The van der Waals surface area contributed by atoms with Crippen LogP contribution in [0.3, 0.4) is 0 Å². The molecule has 1 aromatic rings. The Balaban J connectivity index is 2.13. The molecule has 0 atom stereocenters. The Morgan fingerprint density at radius 2 is 1.78 bits per heavy atom. The first-order chi connectivity index (χ1) is 11.2. The summed E-state index contributed by atoms with van der Waals surface area (Å²) in [5.41, 5.74) is 1.74. The Kier molecular flexibility index (Phi) is 4.37. The molecule has 23 heavy (non-hydrogen) atoms. The first kappa shape index (κ1) is 15.6. The van der Waals surface area contributed by atoms with Crippen molar-refractivity contribution in [2.75, 3.05) is 26.7 Å². The van der Waals surface area contributed by atoms with Crippen LogP contribution in [-0.4, -0.2) is 48.4 Å². The molecule has 2 amide bonds. The van der Waals surface area contributed by atoms with E-state index in [0.717, 1.165) is 32.4 Å². The third-order valence-corrected chi connectivity index (χ3v) is 4.39. The molecule has 2 heterocycles. The molecule has 1 saturated heterocycles. The highest BCUT2D eigenvalue weighted by Gasteiger charge is 2.42. The van der Waals surface area contributed by atoms with Crippen LogP contribution >= 0.6 is 0 Å². The number of imide groups is 1. The maximum Gasteiger partial charge on any atom is 0.277 e. The summed E-state index contributed by atoms with van der Waals surface area (Å²) < 4.78 is 5.41. The van der Waals surface area contributed by atoms with Gasteiger partial charge in [-0.15, -0.1) is 0 Å². The van der Waals surface area contributed by atoms with Crippen molar-refractivity contribution in [2.24, 2.45) is 0 Å². The molecule has 0 saturated carbocycles. The molecular weight excluding hydrogens is 292 g/mol. The van der Waals surface area contributed by atoms with E-state index in [0.29, 0.717) is 29.1 Å². The Bertz CT molecular complexity index is 660. The fourth-order valence-corrected chi connectivity index (χ4v) is 3.32. The van der Waals surface area contributed by atoms with Gasteiger partial charge in [0, 0.05) is 25.2 Å². The Morgan fingerprint density at radius 1 is 1.09 bits per heavy atom. The molecule has 5 heteroatoms. The van der Waals surface area contributed by atoms with Gasteiger partial charge in [-0.05, 0) is 25.3 Å². The van der Waals surface area contributed by atoms with Crippen molar-refractivity contribution in [1.82, 2.24) is 9.80 Å². The van der Waals surface area contributed by atoms with Crippen LogP contribution in [0, 0.1) is 0 Å². The normalized spacial score (nSPS) is 18.3. The molecule has 1 fully saturated rings. The Labute approximate surface area is 136 Å². The van der Waals surface area contributed by atoms with E-state index >= 15 is 0 Å². The van der Waals surface area contributed by atoms with Crippen LogP contribution in [0.5, 0.6) is 5.75 Å². The number of likely N-dealkylation sites (tertiary alicyclic amines) is 1. The van der Waals surface area contributed by atoms with Crippen LogP contribution in [0.15, 0.2) is 30.0 Å². The Morgan fingerprint density at radius 3 is 2.43 bits per heavy atom. The van der Waals surface area contributed by atoms with E-state index in [1.165, 1.54) is 4.90 Å². The minimum atomic E-state index is -0.205. The summed E-state index contributed by atoms with van der Waals surface area (Å²) in [5, 5.41) is 0. The zero-order valence-corrected chi connectivity index (χ0v) is 13.7. The zero-order chi connectivity index (χ0) is 16.4. The third-order valence-electron chi connectivity index (χ3n) is 4.39. The average molecular weight is 314 g/mol. The summed E-state index contributed by atoms with van der Waals surface area (Å²) in [6.07, 6.45) is 2.86. The van der Waals surface area contributed by atoms with Gasteiger partial charge in [-0.1, -0.05) is 25.1 Å². The van der Waals surface area contributed by atoms with Gasteiger partial charge in [-0.3, -0.25) is 14.5 Å². The smallest absolute Gasteiger partial charge is 0.277 e. The monoisotopic (exact) mass is 314 g/mol. The molecule has 122 valence electrons. The number of ether oxygens (including phenoxy) is 1. The maximum absolute atomic E-state index is 12.9. The number of rotatable bonds is 5. The average Bonchev–Trinajstić information content (AvgIpc) is 3.17. The second-order valence-corrected chi connectivity index (χ2v) is 5.88. The van der Waals surface area contributed by atoms with Gasteiger partial charge in [0.25, 0.3) is 11.8 Å². The molecule has 0 aromatic heterocycles. The Hall–Kier alpha value is -2.30. The van der Waals surface area contributed by atoms with E-state index in [1.807, 2.05) is 31.2 Å². The SMILES string of the molecule is CCCN1C(=O)C(c2ccccc2OC)=C(N2CCCC2)C1=O. The lowest BCUT2D eigenvalue weighted by Gasteiger charge is -2.20. The predicted molar refractivity (Wildman–Crippen MR) is 87.7 cm³/mol. The van der Waals surface area contributed by atoms with Crippen LogP contribution in [-0.2, 0) is 9.59 Å². The first-order valence-corrected chi connectivity index (χ1v) is 8.17. The van der Waals surface area contributed by atoms with Crippen molar-refractivity contribution >= 4 is 17.4 Å². The molecule has 2 aliphatic heterocycles. The number of amides is 2. The summed E-state index contributed by atoms with van der Waals surface area (Å²) in [7, 11) is 1.58. The number of carbonyl (C=O) groups is 2. The van der Waals surface area contributed by atoms with E-state index in [4.69, 9.17) is 4.74 Å². The molecule has 1 aromatic carbocycles. The van der Waals surface area contributed by atoms with Gasteiger partial charge in [0.2, 0.25) is 0 Å². The highest BCUT2D eigenvalue weighted by Crippen LogP contribution is 2.37. The number of hydrogen-bond donors (Lipinski definition) is 0. The van der Waals surface area contributed by atoms with E-state index in [9.17, 15) is 9.59 Å². The van der Waals surface area contributed by atoms with E-state index < -0.39 is 0 Å². The van der Waals surface area contributed by atoms with Gasteiger partial charge in [0.05, 0.1) is 12.7 Å². The van der Waals surface area contributed by atoms with Crippen molar-refractivity contribution in [3.05, 3.63) is 35.5 Å². The van der Waals surface area contributed by atoms with Crippen molar-refractivity contribution in [2.45, 2.75) is 26.2 Å². The number of methoxy groups -OCH3 is 1. The molecule has 0 radical (unpaired) electrons. The lowest BCUT2D eigenvalue weighted by molar-refractivity contribution is -0.137. The minimum Gasteiger partial charge on any atom is -0.496 e. The summed E-state index contributed by atoms with van der Waals surface area (Å²) in [4.78, 5) is 29.2. The number of hydrogen-bond acceptors (Lipinski definition) is 4. The zero-order valence-electron chi connectivity index (χ0n) is 13.7. The number of carbonyl (C=O) groups excluding carboxylic acids is 2. The van der Waals surface area contributed by atoms with Crippen molar-refractivity contribution in [1.29, 1.82) is 0 Å². The van der Waals surface area contributed by atoms with Crippen LogP contribution in [0.4, 0.5) is 0 Å². The minimum absolute atomic E-state index is 0.167. The van der Waals surface area contributed by atoms with Gasteiger partial charge in [0.1, 0.15) is 11.4 Å². The number of nitrogens with zero attached hydrogens (tertiary/aromatic N) is 2. The van der Waals surface area contributed by atoms with Crippen molar-refractivity contribution < 1.29 is 14.3 Å². The van der Waals surface area contributed by atoms with Gasteiger partial charge in [0.15, 0.2) is 0 Å². The molecule has 2 aliphatic rings. The second kappa shape index (κ2) is 6.44. The summed E-state index contributed by atoms with van der Waals surface area (Å²) in [6.45, 7) is 4.07. The maximum atomic E-state index is 12.9. The fraction of sp³-hybridized carbons (Fsp3) is 0.444. The van der Waals surface area contributed by atoms with Gasteiger partial charge in [-0.2, -0.15) is 0 Å². The second-order valence-electron chi connectivity index (χ2n) is 5.88. The van der Waals surface area contributed by atoms with Gasteiger partial charge >= 0.3 is 0 Å². The molecule has 5 nitrogen and oxygen atoms in total. The van der Waals surface area contributed by atoms with E-state index in [2.05, 4.69) is 4.90 Å². The topological polar surface area (TPSA) is 49.9 Å². The fourth-order valence-electron chi connectivity index (χ4n) is 3.32. The summed E-state index contributed by atoms with van der Waals surface area (Å²) in [5.74, 6) is 0.251. The summed E-state index contributed by atoms with van der Waals surface area (Å²) in [6, 6.07) is 7.41. The van der Waals surface area contributed by atoms with E-state index in [-0.39, 0.29) is 11.8 Å². The van der Waals surface area contributed by atoms with Crippen LogP contribution in [0.2, 0.25) is 0 Å². The third kappa shape index (κ3) is 2.60. The van der Waals surface area contributed by atoms with Crippen molar-refractivity contribution in [3.8, 4) is 5.75 Å². The van der Waals surface area contributed by atoms with Crippen LogP contribution < -0.4 is 4.74 Å². The van der Waals surface area contributed by atoms with Crippen LogP contribution in [0.25, 0.3) is 5.57 Å². The molecule has 0 spiro atoms. The molecule has 3 rings (SSSR count). The quantitative estimate of drug-likeness (QED) is 0.783. The predicted octanol–water partition coefficient (Wildman–Crippen LogP) is 2.28. The van der Waals surface area contributed by atoms with Crippen molar-refractivity contribution in [3.63, 3.8) is 0 Å². The lowest BCUT2D eigenvalue weighted by atomic mass is 10.0. The number of benzene rings is 1. The molecule has 0 unspecified atom stereocenters. The highest BCUT2D eigenvalue weighted by atomic mass is 16.5.